The Balaban J connectivity index is 1.20. The second-order valence-corrected chi connectivity index (χ2v) is 21.9. The molecule has 6 bridgehead atoms. The lowest BCUT2D eigenvalue weighted by Crippen LogP contribution is -2.57. The molecule has 3 aromatic rings. The zero-order valence-electron chi connectivity index (χ0n) is 32.1. The molecule has 0 aliphatic heterocycles. The maximum absolute atomic E-state index is 15.1. The van der Waals surface area contributed by atoms with Crippen LogP contribution in [0.25, 0.3) is 0 Å². The highest BCUT2D eigenvalue weighted by molar-refractivity contribution is 7.91. The molecule has 2 N–H and O–H groups in total. The van der Waals surface area contributed by atoms with Crippen molar-refractivity contribution in [2.45, 2.75) is 126 Å². The molecule has 5 fully saturated rings. The van der Waals surface area contributed by atoms with Crippen molar-refractivity contribution in [1.82, 2.24) is 4.31 Å². The number of ketones is 1. The first kappa shape index (κ1) is 39.4. The van der Waals surface area contributed by atoms with Gasteiger partial charge in [-0.2, -0.15) is 4.31 Å². The van der Waals surface area contributed by atoms with E-state index in [1.807, 2.05) is 18.2 Å². The van der Waals surface area contributed by atoms with Gasteiger partial charge in [0.05, 0.1) is 11.7 Å². The number of aliphatic hydroxyl groups excluding tert-OH is 1. The number of sulfonamides is 1. The van der Waals surface area contributed by atoms with Crippen molar-refractivity contribution < 1.29 is 27.8 Å². The van der Waals surface area contributed by atoms with Gasteiger partial charge in [0.1, 0.15) is 10.0 Å². The Morgan fingerprint density at radius 2 is 1.73 bits per heavy atom. The lowest BCUT2D eigenvalue weighted by Gasteiger charge is -2.58. The van der Waals surface area contributed by atoms with Crippen LogP contribution in [-0.4, -0.2) is 53.5 Å². The number of hydrogen-bond donors (Lipinski definition) is 2. The van der Waals surface area contributed by atoms with Crippen LogP contribution in [0.2, 0.25) is 5.02 Å². The number of aliphatic hydroxyl groups is 2. The van der Waals surface area contributed by atoms with E-state index in [2.05, 4.69) is 19.9 Å². The molecule has 10 heteroatoms. The monoisotopic (exact) mass is 807 g/mol. The molecule has 7 aliphatic rings. The van der Waals surface area contributed by atoms with Gasteiger partial charge in [0.2, 0.25) is 0 Å². The zero-order chi connectivity index (χ0) is 38.8. The third-order valence-electron chi connectivity index (χ3n) is 14.6. The lowest BCUT2D eigenvalue weighted by atomic mass is 9.49. The van der Waals surface area contributed by atoms with E-state index in [-0.39, 0.29) is 40.7 Å². The maximum Gasteiger partial charge on any atom is 0.252 e. The number of fused-ring (bicyclic) bond motifs is 8. The summed E-state index contributed by atoms with van der Waals surface area (Å²) in [4.78, 5) is 14.4. The number of thiophene rings is 1. The quantitative estimate of drug-likeness (QED) is 0.166. The Morgan fingerprint density at radius 1 is 1.00 bits per heavy atom. The molecule has 7 aliphatic carbocycles. The SMILES string of the molecule is CC1=CCCC2(C)C(CCC2(O)CN(CC23CC4CC(CC(C4)C2)C3)S(=O)(=O)c2cccs2)c2ccc(cc2C(=O)Cc2c(F)cccc2Cl)CC(O)CC1. The highest BCUT2D eigenvalue weighted by Crippen LogP contribution is 2.62. The summed E-state index contributed by atoms with van der Waals surface area (Å²) in [5, 5.41) is 26.3. The number of carbonyl (C=O) groups excluding carboxylic acids is 1. The first-order valence-corrected chi connectivity index (χ1v) is 23.1. The molecule has 4 unspecified atom stereocenters. The van der Waals surface area contributed by atoms with Crippen molar-refractivity contribution in [1.29, 1.82) is 0 Å². The molecule has 1 aromatic heterocycles. The molecule has 5 saturated carbocycles. The number of hydrogen-bond acceptors (Lipinski definition) is 6. The standard InChI is InChI=1S/C45H55ClFNO5S2/c1-29-6-4-15-43(2)38(35-13-11-30(21-34(49)12-10-29)22-36(35)41(50)23-37-39(46)7-3-8-40(37)47)14-16-45(43,51)28-48(55(52,53)42-9-5-17-54-42)27-44-24-31-18-32(25-44)20-33(19-31)26-44/h3,5-9,11,13,17,22,31-34,38,49,51H,4,10,12,14-16,18-21,23-28H2,1-2H3. The zero-order valence-corrected chi connectivity index (χ0v) is 34.5. The third kappa shape index (κ3) is 7.56. The normalized spacial score (nSPS) is 33.4. The number of nitrogens with zero attached hydrogens (tertiary/aromatic N) is 1. The van der Waals surface area contributed by atoms with Gasteiger partial charge in [0.15, 0.2) is 5.78 Å². The van der Waals surface area contributed by atoms with Crippen molar-refractivity contribution in [2.24, 2.45) is 28.6 Å². The molecule has 296 valence electrons. The summed E-state index contributed by atoms with van der Waals surface area (Å²) >= 11 is 7.65. The number of halogens is 2. The van der Waals surface area contributed by atoms with Crippen LogP contribution < -0.4 is 0 Å². The van der Waals surface area contributed by atoms with E-state index >= 15 is 4.39 Å². The molecular weight excluding hydrogens is 753 g/mol. The molecule has 1 heterocycles. The number of allylic oxidation sites excluding steroid dienone is 2. The van der Waals surface area contributed by atoms with Gasteiger partial charge in [0, 0.05) is 41.1 Å². The van der Waals surface area contributed by atoms with E-state index in [9.17, 15) is 23.4 Å². The summed E-state index contributed by atoms with van der Waals surface area (Å²) in [5.74, 6) is 0.870. The molecule has 0 saturated heterocycles. The van der Waals surface area contributed by atoms with Crippen LogP contribution >= 0.6 is 22.9 Å². The molecule has 6 nitrogen and oxygen atoms in total. The number of Topliss-reactive ketones (excluding diaryl/α,β-unsaturated/α-hetero) is 1. The summed E-state index contributed by atoms with van der Waals surface area (Å²) in [6, 6.07) is 13.7. The largest absolute Gasteiger partial charge is 0.393 e. The molecular formula is C45H55ClFNO5S2. The van der Waals surface area contributed by atoms with Crippen LogP contribution in [0.15, 0.2) is 69.8 Å². The Labute approximate surface area is 335 Å². The Kier molecular flexibility index (Phi) is 10.8. The predicted octanol–water partition coefficient (Wildman–Crippen LogP) is 9.91. The Morgan fingerprint density at radius 3 is 2.40 bits per heavy atom. The summed E-state index contributed by atoms with van der Waals surface area (Å²) in [6.45, 7) is 4.59. The minimum atomic E-state index is -3.91. The topological polar surface area (TPSA) is 94.9 Å². The van der Waals surface area contributed by atoms with Crippen LogP contribution in [0, 0.1) is 34.4 Å². The minimum absolute atomic E-state index is 0.0108. The van der Waals surface area contributed by atoms with Gasteiger partial charge in [-0.3, -0.25) is 4.79 Å². The third-order valence-corrected chi connectivity index (χ3v) is 18.1. The van der Waals surface area contributed by atoms with Crippen molar-refractivity contribution in [2.75, 3.05) is 13.1 Å². The second-order valence-electron chi connectivity index (χ2n) is 18.4. The smallest absolute Gasteiger partial charge is 0.252 e. The molecule has 0 amide bonds. The Bertz CT molecular complexity index is 2010. The summed E-state index contributed by atoms with van der Waals surface area (Å²) < 4.78 is 46.5. The predicted molar refractivity (Wildman–Crippen MR) is 217 cm³/mol. The summed E-state index contributed by atoms with van der Waals surface area (Å²) in [5.41, 5.74) is 1.07. The average molecular weight is 809 g/mol. The van der Waals surface area contributed by atoms with Crippen molar-refractivity contribution in [3.05, 3.63) is 98.7 Å². The van der Waals surface area contributed by atoms with Crippen LogP contribution in [0.4, 0.5) is 4.39 Å². The van der Waals surface area contributed by atoms with E-state index in [1.54, 1.807) is 27.9 Å². The highest BCUT2D eigenvalue weighted by atomic mass is 35.5. The average Bonchev–Trinajstić information content (AvgIpc) is 3.76. The maximum atomic E-state index is 15.1. The van der Waals surface area contributed by atoms with Crippen LogP contribution in [0.5, 0.6) is 0 Å². The highest BCUT2D eigenvalue weighted by Gasteiger charge is 2.59. The number of rotatable bonds is 9. The summed E-state index contributed by atoms with van der Waals surface area (Å²) in [7, 11) is -3.91. The van der Waals surface area contributed by atoms with Gasteiger partial charge in [-0.25, -0.2) is 12.8 Å². The van der Waals surface area contributed by atoms with Crippen LogP contribution in [0.1, 0.15) is 124 Å². The molecule has 4 atom stereocenters. The second kappa shape index (κ2) is 15.1. The van der Waals surface area contributed by atoms with Crippen LogP contribution in [-0.2, 0) is 22.9 Å². The van der Waals surface area contributed by atoms with Gasteiger partial charge >= 0.3 is 0 Å². The van der Waals surface area contributed by atoms with E-state index in [0.29, 0.717) is 72.6 Å². The van der Waals surface area contributed by atoms with E-state index in [4.69, 9.17) is 11.6 Å². The molecule has 10 rings (SSSR count). The lowest BCUT2D eigenvalue weighted by molar-refractivity contribution is -0.0920. The van der Waals surface area contributed by atoms with E-state index in [0.717, 1.165) is 36.8 Å². The van der Waals surface area contributed by atoms with Gasteiger partial charge in [0.25, 0.3) is 10.0 Å². The summed E-state index contributed by atoms with van der Waals surface area (Å²) in [6.07, 6.45) is 12.2. The molecule has 2 aromatic carbocycles. The van der Waals surface area contributed by atoms with Crippen LogP contribution in [0.3, 0.4) is 0 Å². The fourth-order valence-electron chi connectivity index (χ4n) is 12.1. The number of carbonyl (C=O) groups is 1. The van der Waals surface area contributed by atoms with Gasteiger partial charge < -0.3 is 10.2 Å². The van der Waals surface area contributed by atoms with Crippen molar-refractivity contribution in [3.8, 4) is 0 Å². The van der Waals surface area contributed by atoms with Gasteiger partial charge in [-0.05, 0) is 160 Å². The first-order chi connectivity index (χ1) is 26.2. The molecule has 55 heavy (non-hydrogen) atoms. The molecule has 0 spiro atoms. The minimum Gasteiger partial charge on any atom is -0.393 e. The van der Waals surface area contributed by atoms with Gasteiger partial charge in [-0.15, -0.1) is 11.3 Å². The Hall–Kier alpha value is -2.40. The van der Waals surface area contributed by atoms with E-state index < -0.39 is 33.0 Å². The number of benzene rings is 2. The van der Waals surface area contributed by atoms with E-state index in [1.165, 1.54) is 48.3 Å². The van der Waals surface area contributed by atoms with Gasteiger partial charge in [-0.1, -0.05) is 54.4 Å². The fourth-order valence-corrected chi connectivity index (χ4v) is 15.1. The first-order valence-electron chi connectivity index (χ1n) is 20.4. The molecule has 0 radical (unpaired) electrons. The van der Waals surface area contributed by atoms with Crippen molar-refractivity contribution >= 4 is 38.7 Å². The fraction of sp³-hybridized carbons (Fsp3) is 0.578. The van der Waals surface area contributed by atoms with Crippen molar-refractivity contribution in [3.63, 3.8) is 0 Å².